The molecule has 0 saturated heterocycles. The van der Waals surface area contributed by atoms with Crippen LogP contribution in [0.4, 0.5) is 0 Å². The van der Waals surface area contributed by atoms with E-state index in [1.165, 1.54) is 32.6 Å². The Balaban J connectivity index is 1.42. The van der Waals surface area contributed by atoms with Gasteiger partial charge >= 0.3 is 0 Å². The molecule has 1 aromatic heterocycles. The van der Waals surface area contributed by atoms with E-state index in [9.17, 15) is 0 Å². The average Bonchev–Trinajstić information content (AvgIpc) is 3.14. The van der Waals surface area contributed by atoms with Gasteiger partial charge in [-0.25, -0.2) is 0 Å². The number of ether oxygens (including phenoxy) is 2. The Kier molecular flexibility index (Phi) is 3.48. The monoisotopic (exact) mass is 413 g/mol. The highest BCUT2D eigenvalue weighted by Gasteiger charge is 2.19. The van der Waals surface area contributed by atoms with Gasteiger partial charge in [0, 0.05) is 28.9 Å². The van der Waals surface area contributed by atoms with E-state index < -0.39 is 0 Å². The van der Waals surface area contributed by atoms with Crippen LogP contribution < -0.4 is 9.47 Å². The zero-order valence-corrected chi connectivity index (χ0v) is 17.5. The third kappa shape index (κ3) is 2.42. The maximum Gasteiger partial charge on any atom is 0.170 e. The van der Waals surface area contributed by atoms with Crippen LogP contribution in [-0.2, 0) is 7.05 Å². The molecule has 32 heavy (non-hydrogen) atoms. The molecule has 0 fully saturated rings. The average molecular weight is 413 g/mol. The Morgan fingerprint density at radius 1 is 0.531 bits per heavy atom. The van der Waals surface area contributed by atoms with Gasteiger partial charge in [-0.1, -0.05) is 54.6 Å². The van der Waals surface area contributed by atoms with Crippen LogP contribution in [0.25, 0.3) is 43.7 Å². The first-order valence-electron chi connectivity index (χ1n) is 10.8. The van der Waals surface area contributed by atoms with Crippen LogP contribution in [0.15, 0.2) is 97.1 Å². The zero-order chi connectivity index (χ0) is 21.2. The minimum atomic E-state index is 0.740. The lowest BCUT2D eigenvalue weighted by Gasteiger charge is -2.21. The van der Waals surface area contributed by atoms with E-state index >= 15 is 0 Å². The summed E-state index contributed by atoms with van der Waals surface area (Å²) in [5, 5.41) is 5.10. The summed E-state index contributed by atoms with van der Waals surface area (Å²) < 4.78 is 14.4. The Morgan fingerprint density at radius 3 is 2.06 bits per heavy atom. The first kappa shape index (κ1) is 17.4. The van der Waals surface area contributed by atoms with Gasteiger partial charge in [-0.2, -0.15) is 0 Å². The molecule has 152 valence electrons. The molecule has 7 rings (SSSR count). The van der Waals surface area contributed by atoms with Crippen molar-refractivity contribution in [2.75, 3.05) is 0 Å². The fourth-order valence-corrected chi connectivity index (χ4v) is 4.87. The minimum absolute atomic E-state index is 0.740. The standard InChI is InChI=1S/C29H19NO2/c1-30-23-13-11-19(16-22(23)29-21-7-3-2-6-18(21)10-14-24(29)30)20-12-15-27-28(17-20)32-26-9-5-4-8-25(26)31-27/h2-17H,1H3. The molecule has 1 aliphatic rings. The van der Waals surface area contributed by atoms with E-state index in [1.807, 2.05) is 30.3 Å². The minimum Gasteiger partial charge on any atom is -0.450 e. The van der Waals surface area contributed by atoms with Crippen LogP contribution in [0, 0.1) is 0 Å². The number of rotatable bonds is 1. The largest absolute Gasteiger partial charge is 0.450 e. The number of fused-ring (bicyclic) bond motifs is 7. The van der Waals surface area contributed by atoms with Crippen LogP contribution in [-0.4, -0.2) is 4.57 Å². The number of nitrogens with zero attached hydrogens (tertiary/aromatic N) is 1. The van der Waals surface area contributed by atoms with Gasteiger partial charge in [0.15, 0.2) is 23.0 Å². The van der Waals surface area contributed by atoms with Gasteiger partial charge in [0.05, 0.1) is 0 Å². The van der Waals surface area contributed by atoms with Crippen molar-refractivity contribution in [3.8, 4) is 34.1 Å². The second-order valence-electron chi connectivity index (χ2n) is 8.28. The van der Waals surface area contributed by atoms with E-state index in [0.717, 1.165) is 34.1 Å². The van der Waals surface area contributed by atoms with E-state index in [-0.39, 0.29) is 0 Å². The molecule has 1 aliphatic heterocycles. The Morgan fingerprint density at radius 2 is 1.19 bits per heavy atom. The lowest BCUT2D eigenvalue weighted by atomic mass is 10.00. The molecule has 6 aromatic rings. The summed E-state index contributed by atoms with van der Waals surface area (Å²) in [6.45, 7) is 0. The zero-order valence-electron chi connectivity index (χ0n) is 17.5. The summed E-state index contributed by atoms with van der Waals surface area (Å²) in [7, 11) is 2.14. The van der Waals surface area contributed by atoms with Gasteiger partial charge in [0.1, 0.15) is 0 Å². The van der Waals surface area contributed by atoms with Crippen molar-refractivity contribution in [3.63, 3.8) is 0 Å². The smallest absolute Gasteiger partial charge is 0.170 e. The molecule has 0 saturated carbocycles. The van der Waals surface area contributed by atoms with Crippen LogP contribution in [0.5, 0.6) is 23.0 Å². The lowest BCUT2D eigenvalue weighted by molar-refractivity contribution is 0.360. The van der Waals surface area contributed by atoms with Crippen molar-refractivity contribution < 1.29 is 9.47 Å². The molecule has 0 N–H and O–H groups in total. The number of benzene rings is 5. The molecule has 3 nitrogen and oxygen atoms in total. The van der Waals surface area contributed by atoms with E-state index in [2.05, 4.69) is 78.3 Å². The molecular formula is C29H19NO2. The van der Waals surface area contributed by atoms with Gasteiger partial charge in [-0.3, -0.25) is 0 Å². The summed E-state index contributed by atoms with van der Waals surface area (Å²) in [6, 6.07) is 33.6. The third-order valence-electron chi connectivity index (χ3n) is 6.46. The number of para-hydroxylation sites is 2. The molecule has 0 atom stereocenters. The molecule has 2 heterocycles. The van der Waals surface area contributed by atoms with Crippen molar-refractivity contribution in [1.82, 2.24) is 4.57 Å². The molecule has 0 amide bonds. The molecule has 5 aromatic carbocycles. The number of aryl methyl sites for hydroxylation is 1. The second kappa shape index (κ2) is 6.38. The SMILES string of the molecule is Cn1c2ccc(-c3ccc4c(c3)Oc3ccccc3O4)cc2c2c3ccccc3ccc21. The Hall–Kier alpha value is -4.24. The molecule has 0 spiro atoms. The molecule has 3 heteroatoms. The maximum absolute atomic E-state index is 6.13. The number of hydrogen-bond acceptors (Lipinski definition) is 2. The molecule has 0 aliphatic carbocycles. The fourth-order valence-electron chi connectivity index (χ4n) is 4.87. The number of aromatic nitrogens is 1. The fraction of sp³-hybridized carbons (Fsp3) is 0.0345. The van der Waals surface area contributed by atoms with E-state index in [0.29, 0.717) is 0 Å². The van der Waals surface area contributed by atoms with Crippen LogP contribution >= 0.6 is 0 Å². The molecule has 0 unspecified atom stereocenters. The van der Waals surface area contributed by atoms with Gasteiger partial charge in [0.2, 0.25) is 0 Å². The number of hydrogen-bond donors (Lipinski definition) is 0. The topological polar surface area (TPSA) is 23.4 Å². The van der Waals surface area contributed by atoms with Gasteiger partial charge in [-0.15, -0.1) is 0 Å². The normalized spacial score (nSPS) is 12.4. The van der Waals surface area contributed by atoms with Gasteiger partial charge < -0.3 is 14.0 Å². The van der Waals surface area contributed by atoms with E-state index in [1.54, 1.807) is 0 Å². The van der Waals surface area contributed by atoms with Crippen LogP contribution in [0.1, 0.15) is 0 Å². The summed E-state index contributed by atoms with van der Waals surface area (Å²) in [5.74, 6) is 2.97. The van der Waals surface area contributed by atoms with Gasteiger partial charge in [-0.05, 0) is 64.4 Å². The highest BCUT2D eigenvalue weighted by molar-refractivity contribution is 6.21. The predicted molar refractivity (Wildman–Crippen MR) is 130 cm³/mol. The highest BCUT2D eigenvalue weighted by atomic mass is 16.6. The van der Waals surface area contributed by atoms with Crippen molar-refractivity contribution in [1.29, 1.82) is 0 Å². The first-order chi connectivity index (χ1) is 15.8. The van der Waals surface area contributed by atoms with Crippen molar-refractivity contribution in [2.24, 2.45) is 7.05 Å². The van der Waals surface area contributed by atoms with Crippen molar-refractivity contribution in [3.05, 3.63) is 97.1 Å². The molecule has 0 radical (unpaired) electrons. The van der Waals surface area contributed by atoms with Crippen molar-refractivity contribution in [2.45, 2.75) is 0 Å². The summed E-state index contributed by atoms with van der Waals surface area (Å²) in [5.41, 5.74) is 4.73. The quantitative estimate of drug-likeness (QED) is 0.272. The second-order valence-corrected chi connectivity index (χ2v) is 8.28. The predicted octanol–water partition coefficient (Wildman–Crippen LogP) is 8.05. The van der Waals surface area contributed by atoms with Gasteiger partial charge in [0.25, 0.3) is 0 Å². The first-order valence-corrected chi connectivity index (χ1v) is 10.8. The third-order valence-corrected chi connectivity index (χ3v) is 6.46. The summed E-state index contributed by atoms with van der Waals surface area (Å²) in [6.07, 6.45) is 0. The van der Waals surface area contributed by atoms with Crippen molar-refractivity contribution >= 4 is 32.6 Å². The molecule has 0 bridgehead atoms. The maximum atomic E-state index is 6.13. The molecular weight excluding hydrogens is 394 g/mol. The van der Waals surface area contributed by atoms with E-state index in [4.69, 9.17) is 9.47 Å². The highest BCUT2D eigenvalue weighted by Crippen LogP contribution is 2.46. The Bertz CT molecular complexity index is 1690. The Labute approximate surface area is 185 Å². The lowest BCUT2D eigenvalue weighted by Crippen LogP contribution is -1.98. The van der Waals surface area contributed by atoms with Crippen LogP contribution in [0.2, 0.25) is 0 Å². The van der Waals surface area contributed by atoms with Crippen LogP contribution in [0.3, 0.4) is 0 Å². The summed E-state index contributed by atoms with van der Waals surface area (Å²) in [4.78, 5) is 0. The summed E-state index contributed by atoms with van der Waals surface area (Å²) >= 11 is 0.